The van der Waals surface area contributed by atoms with Crippen LogP contribution in [0.5, 0.6) is 0 Å². The van der Waals surface area contributed by atoms with Gasteiger partial charge in [-0.2, -0.15) is 0 Å². The van der Waals surface area contributed by atoms with Gasteiger partial charge >= 0.3 is 0 Å². The zero-order valence-corrected chi connectivity index (χ0v) is 15.4. The highest BCUT2D eigenvalue weighted by Crippen LogP contribution is 2.12. The summed E-state index contributed by atoms with van der Waals surface area (Å²) in [6.45, 7) is 3.44. The molecule has 138 valence electrons. The van der Waals surface area contributed by atoms with Crippen molar-refractivity contribution in [2.75, 3.05) is 13.1 Å². The third-order valence-electron chi connectivity index (χ3n) is 4.33. The number of quaternary nitrogens is 1. The van der Waals surface area contributed by atoms with E-state index < -0.39 is 0 Å². The molecule has 0 saturated heterocycles. The van der Waals surface area contributed by atoms with E-state index in [2.05, 4.69) is 12.2 Å². The van der Waals surface area contributed by atoms with E-state index in [1.807, 2.05) is 0 Å². The van der Waals surface area contributed by atoms with Gasteiger partial charge < -0.3 is 16.0 Å². The largest absolute Gasteiger partial charge is 0.636 e. The van der Waals surface area contributed by atoms with Gasteiger partial charge in [0, 0.05) is 19.4 Å². The summed E-state index contributed by atoms with van der Waals surface area (Å²) in [6.07, 6.45) is 18.7. The van der Waals surface area contributed by atoms with Gasteiger partial charge in [0.15, 0.2) is 0 Å². The molecule has 0 fully saturated rings. The molecule has 0 aromatic rings. The fourth-order valence-electron chi connectivity index (χ4n) is 2.80. The first kappa shape index (κ1) is 22.4. The van der Waals surface area contributed by atoms with Crippen molar-refractivity contribution in [3.63, 3.8) is 0 Å². The van der Waals surface area contributed by atoms with Gasteiger partial charge in [0.05, 0.1) is 6.54 Å². The van der Waals surface area contributed by atoms with Gasteiger partial charge in [0.25, 0.3) is 0 Å². The Morgan fingerprint density at radius 2 is 1.26 bits per heavy atom. The van der Waals surface area contributed by atoms with Crippen LogP contribution in [0.3, 0.4) is 0 Å². The van der Waals surface area contributed by atoms with Crippen LogP contribution in [0.4, 0.5) is 0 Å². The molecule has 0 aromatic heterocycles. The minimum Gasteiger partial charge on any atom is -0.636 e. The van der Waals surface area contributed by atoms with Gasteiger partial charge in [-0.25, -0.2) is 0 Å². The SMILES string of the molecule is CCCCCCCCCCCCCCCC(=O)NCCC[NH2+][O-]. The molecule has 0 rings (SSSR count). The molecule has 0 aromatic carbocycles. The summed E-state index contributed by atoms with van der Waals surface area (Å²) in [7, 11) is 0. The summed E-state index contributed by atoms with van der Waals surface area (Å²) >= 11 is 0. The number of hydroxylamine groups is 1. The van der Waals surface area contributed by atoms with E-state index in [0.29, 0.717) is 19.5 Å². The zero-order valence-electron chi connectivity index (χ0n) is 15.4. The lowest BCUT2D eigenvalue weighted by Crippen LogP contribution is -2.77. The zero-order chi connectivity index (χ0) is 17.0. The second-order valence-corrected chi connectivity index (χ2v) is 6.65. The fraction of sp³-hybridized carbons (Fsp3) is 0.947. The van der Waals surface area contributed by atoms with Crippen molar-refractivity contribution in [2.45, 2.75) is 103 Å². The summed E-state index contributed by atoms with van der Waals surface area (Å²) in [4.78, 5) is 11.5. The van der Waals surface area contributed by atoms with E-state index in [1.54, 1.807) is 0 Å². The molecule has 0 aliphatic carbocycles. The van der Waals surface area contributed by atoms with Crippen molar-refractivity contribution in [1.82, 2.24) is 5.32 Å². The van der Waals surface area contributed by atoms with Gasteiger partial charge in [0.1, 0.15) is 0 Å². The minimum atomic E-state index is 0.138. The van der Waals surface area contributed by atoms with Crippen LogP contribution in [0.25, 0.3) is 0 Å². The quantitative estimate of drug-likeness (QED) is 0.294. The summed E-state index contributed by atoms with van der Waals surface area (Å²) in [5, 5.41) is 13.0. The van der Waals surface area contributed by atoms with Crippen molar-refractivity contribution < 1.29 is 10.3 Å². The maximum Gasteiger partial charge on any atom is 0.219 e. The molecule has 0 spiro atoms. The number of unbranched alkanes of at least 4 members (excludes halogenated alkanes) is 12. The average molecular weight is 329 g/mol. The van der Waals surface area contributed by atoms with E-state index in [1.165, 1.54) is 77.0 Å². The highest BCUT2D eigenvalue weighted by molar-refractivity contribution is 5.75. The molecule has 0 unspecified atom stereocenters. The van der Waals surface area contributed by atoms with E-state index in [0.717, 1.165) is 18.3 Å². The van der Waals surface area contributed by atoms with Crippen LogP contribution in [-0.2, 0) is 4.79 Å². The number of hydrogen-bond donors (Lipinski definition) is 2. The minimum absolute atomic E-state index is 0.138. The molecule has 0 aliphatic rings. The van der Waals surface area contributed by atoms with Crippen LogP contribution in [0.1, 0.15) is 103 Å². The summed E-state index contributed by atoms with van der Waals surface area (Å²) in [6, 6.07) is 0. The summed E-state index contributed by atoms with van der Waals surface area (Å²) in [5.74, 6) is 0.138. The van der Waals surface area contributed by atoms with Crippen LogP contribution >= 0.6 is 0 Å². The van der Waals surface area contributed by atoms with Gasteiger partial charge in [-0.15, -0.1) is 0 Å². The van der Waals surface area contributed by atoms with Gasteiger partial charge in [0.2, 0.25) is 5.91 Å². The number of hydrogen-bond acceptors (Lipinski definition) is 2. The van der Waals surface area contributed by atoms with E-state index in [9.17, 15) is 10.0 Å². The molecule has 0 radical (unpaired) electrons. The normalized spacial score (nSPS) is 10.9. The van der Waals surface area contributed by atoms with E-state index >= 15 is 0 Å². The Morgan fingerprint density at radius 1 is 0.783 bits per heavy atom. The van der Waals surface area contributed by atoms with Crippen LogP contribution in [0.2, 0.25) is 0 Å². The van der Waals surface area contributed by atoms with Crippen LogP contribution < -0.4 is 10.8 Å². The Morgan fingerprint density at radius 3 is 1.74 bits per heavy atom. The lowest BCUT2D eigenvalue weighted by atomic mass is 10.0. The Kier molecular flexibility index (Phi) is 18.9. The number of carbonyl (C=O) groups is 1. The predicted molar refractivity (Wildman–Crippen MR) is 98.1 cm³/mol. The molecule has 0 atom stereocenters. The Bertz CT molecular complexity index is 248. The lowest BCUT2D eigenvalue weighted by molar-refractivity contribution is -0.588. The van der Waals surface area contributed by atoms with Crippen molar-refractivity contribution in [3.8, 4) is 0 Å². The standard InChI is InChI=1S/C19H40N2O2/c1-2-3-4-5-6-7-8-9-10-11-12-13-14-16-19(22)20-17-15-18-21-23/h2-18,21H2,1H3,(H,20,22). The summed E-state index contributed by atoms with van der Waals surface area (Å²) in [5.41, 5.74) is 0.901. The first-order valence-electron chi connectivity index (χ1n) is 10.0. The van der Waals surface area contributed by atoms with Crippen molar-refractivity contribution in [1.29, 1.82) is 0 Å². The van der Waals surface area contributed by atoms with E-state index in [4.69, 9.17) is 0 Å². The third kappa shape index (κ3) is 19.3. The molecule has 1 amide bonds. The molecule has 3 N–H and O–H groups in total. The van der Waals surface area contributed by atoms with Gasteiger partial charge in [-0.05, 0) is 6.42 Å². The molecule has 0 saturated carbocycles. The predicted octanol–water partition coefficient (Wildman–Crippen LogP) is 4.04. The maximum absolute atomic E-state index is 11.5. The molecule has 0 bridgehead atoms. The molecule has 4 heteroatoms. The lowest BCUT2D eigenvalue weighted by Gasteiger charge is -2.05. The summed E-state index contributed by atoms with van der Waals surface area (Å²) < 4.78 is 0. The Balaban J connectivity index is 3.08. The molecular weight excluding hydrogens is 288 g/mol. The molecule has 0 heterocycles. The van der Waals surface area contributed by atoms with Crippen LogP contribution in [-0.4, -0.2) is 19.0 Å². The van der Waals surface area contributed by atoms with Crippen molar-refractivity contribution in [3.05, 3.63) is 5.21 Å². The number of amides is 1. The van der Waals surface area contributed by atoms with Crippen molar-refractivity contribution >= 4 is 5.91 Å². The molecule has 0 aliphatic heterocycles. The number of nitrogens with two attached hydrogens (primary N) is 1. The molecule has 23 heavy (non-hydrogen) atoms. The second-order valence-electron chi connectivity index (χ2n) is 6.65. The Hall–Kier alpha value is -0.610. The third-order valence-corrected chi connectivity index (χ3v) is 4.33. The first-order chi connectivity index (χ1) is 11.3. The van der Waals surface area contributed by atoms with Gasteiger partial charge in [-0.3, -0.25) is 4.79 Å². The highest BCUT2D eigenvalue weighted by Gasteiger charge is 2.00. The number of rotatable bonds is 18. The molecule has 4 nitrogen and oxygen atoms in total. The topological polar surface area (TPSA) is 68.8 Å². The van der Waals surface area contributed by atoms with Gasteiger partial charge in [-0.1, -0.05) is 84.0 Å². The number of nitrogens with one attached hydrogen (secondary N) is 1. The highest BCUT2D eigenvalue weighted by atomic mass is 16.5. The van der Waals surface area contributed by atoms with Crippen molar-refractivity contribution in [2.24, 2.45) is 0 Å². The molecular formula is C19H40N2O2. The van der Waals surface area contributed by atoms with E-state index in [-0.39, 0.29) is 5.91 Å². The monoisotopic (exact) mass is 328 g/mol. The first-order valence-corrected chi connectivity index (χ1v) is 10.0. The average Bonchev–Trinajstić information content (AvgIpc) is 2.56. The maximum atomic E-state index is 11.5. The van der Waals surface area contributed by atoms with Crippen LogP contribution in [0.15, 0.2) is 0 Å². The Labute approximate surface area is 143 Å². The fourth-order valence-corrected chi connectivity index (χ4v) is 2.80. The van der Waals surface area contributed by atoms with Crippen LogP contribution in [0, 0.1) is 5.21 Å². The smallest absolute Gasteiger partial charge is 0.219 e. The second kappa shape index (κ2) is 19.4. The number of carbonyl (C=O) groups excluding carboxylic acids is 1.